The summed E-state index contributed by atoms with van der Waals surface area (Å²) in [4.78, 5) is 1.30. The molecule has 2 heteroatoms. The molecule has 0 bridgehead atoms. The second-order valence-corrected chi connectivity index (χ2v) is 4.50. The average Bonchev–Trinajstić information content (AvgIpc) is 2.38. The molecule has 0 aliphatic heterocycles. The number of benzene rings is 2. The molecule has 0 aromatic heterocycles. The fraction of sp³-hybridized carbons (Fsp3) is 0.143. The van der Waals surface area contributed by atoms with Crippen LogP contribution in [-0.4, -0.2) is 7.11 Å². The van der Waals surface area contributed by atoms with Crippen molar-refractivity contribution in [1.82, 2.24) is 0 Å². The molecule has 0 saturated heterocycles. The maximum absolute atomic E-state index is 5.20. The lowest BCUT2D eigenvalue weighted by atomic mass is 10.2. The highest BCUT2D eigenvalue weighted by Crippen LogP contribution is 2.23. The molecule has 2 aromatic rings. The molecule has 2 rings (SSSR count). The van der Waals surface area contributed by atoms with Gasteiger partial charge in [0.1, 0.15) is 5.75 Å². The van der Waals surface area contributed by atoms with Crippen molar-refractivity contribution in [2.45, 2.75) is 10.6 Å². The van der Waals surface area contributed by atoms with E-state index in [1.165, 1.54) is 10.5 Å². The molecule has 0 saturated carbocycles. The van der Waals surface area contributed by atoms with E-state index in [1.54, 1.807) is 7.11 Å². The van der Waals surface area contributed by atoms with Crippen molar-refractivity contribution in [3.63, 3.8) is 0 Å². The van der Waals surface area contributed by atoms with E-state index >= 15 is 0 Å². The molecule has 0 amide bonds. The maximum Gasteiger partial charge on any atom is 0.119 e. The van der Waals surface area contributed by atoms with Crippen LogP contribution in [0.25, 0.3) is 0 Å². The number of hydrogen-bond donors (Lipinski definition) is 0. The third-order valence-corrected chi connectivity index (χ3v) is 3.37. The summed E-state index contributed by atoms with van der Waals surface area (Å²) in [7, 11) is 1.70. The summed E-state index contributed by atoms with van der Waals surface area (Å²) in [6.45, 7) is 0. The first-order valence-electron chi connectivity index (χ1n) is 5.19. The Kier molecular flexibility index (Phi) is 3.89. The van der Waals surface area contributed by atoms with Crippen LogP contribution in [0.4, 0.5) is 0 Å². The standard InChI is InChI=1S/C14H14OS/c1-15-13-7-5-6-12(10-13)11-16-14-8-3-2-4-9-14/h2-10H,11H2,1H3. The van der Waals surface area contributed by atoms with E-state index in [1.807, 2.05) is 30.0 Å². The van der Waals surface area contributed by atoms with Gasteiger partial charge in [-0.3, -0.25) is 0 Å². The van der Waals surface area contributed by atoms with E-state index in [4.69, 9.17) is 4.74 Å². The fourth-order valence-electron chi connectivity index (χ4n) is 1.45. The van der Waals surface area contributed by atoms with Crippen LogP contribution in [0, 0.1) is 0 Å². The summed E-state index contributed by atoms with van der Waals surface area (Å²) < 4.78 is 5.20. The predicted octanol–water partition coefficient (Wildman–Crippen LogP) is 3.99. The second kappa shape index (κ2) is 5.61. The zero-order valence-corrected chi connectivity index (χ0v) is 10.0. The van der Waals surface area contributed by atoms with Gasteiger partial charge in [0.2, 0.25) is 0 Å². The Balaban J connectivity index is 1.99. The molecule has 0 radical (unpaired) electrons. The summed E-state index contributed by atoms with van der Waals surface area (Å²) in [6.07, 6.45) is 0. The normalized spacial score (nSPS) is 10.1. The molecular weight excluding hydrogens is 216 g/mol. The van der Waals surface area contributed by atoms with Gasteiger partial charge in [-0.2, -0.15) is 0 Å². The largest absolute Gasteiger partial charge is 0.497 e. The third-order valence-electron chi connectivity index (χ3n) is 2.28. The Labute approximate surface area is 100 Å². The number of hydrogen-bond acceptors (Lipinski definition) is 2. The minimum absolute atomic E-state index is 0.922. The number of thioether (sulfide) groups is 1. The molecule has 1 nitrogen and oxygen atoms in total. The molecule has 0 aliphatic rings. The molecule has 0 N–H and O–H groups in total. The molecule has 2 aromatic carbocycles. The van der Waals surface area contributed by atoms with Gasteiger partial charge in [0.25, 0.3) is 0 Å². The summed E-state index contributed by atoms with van der Waals surface area (Å²) >= 11 is 1.84. The molecule has 0 unspecified atom stereocenters. The third kappa shape index (κ3) is 3.04. The van der Waals surface area contributed by atoms with E-state index in [2.05, 4.69) is 36.4 Å². The molecule has 16 heavy (non-hydrogen) atoms. The minimum atomic E-state index is 0.922. The van der Waals surface area contributed by atoms with Gasteiger partial charge in [-0.25, -0.2) is 0 Å². The van der Waals surface area contributed by atoms with Crippen molar-refractivity contribution in [2.75, 3.05) is 7.11 Å². The van der Waals surface area contributed by atoms with Gasteiger partial charge in [0.05, 0.1) is 7.11 Å². The van der Waals surface area contributed by atoms with Crippen LogP contribution in [0.1, 0.15) is 5.56 Å². The van der Waals surface area contributed by atoms with Gasteiger partial charge in [-0.15, -0.1) is 11.8 Å². The topological polar surface area (TPSA) is 9.23 Å². The van der Waals surface area contributed by atoms with Gasteiger partial charge in [0.15, 0.2) is 0 Å². The molecule has 0 fully saturated rings. The highest BCUT2D eigenvalue weighted by atomic mass is 32.2. The van der Waals surface area contributed by atoms with Crippen LogP contribution in [-0.2, 0) is 5.75 Å². The predicted molar refractivity (Wildman–Crippen MR) is 69.0 cm³/mol. The molecular formula is C14H14OS. The maximum atomic E-state index is 5.20. The highest BCUT2D eigenvalue weighted by molar-refractivity contribution is 7.98. The van der Waals surface area contributed by atoms with Crippen LogP contribution in [0.3, 0.4) is 0 Å². The first kappa shape index (κ1) is 11.1. The number of rotatable bonds is 4. The van der Waals surface area contributed by atoms with Crippen LogP contribution in [0.15, 0.2) is 59.5 Å². The number of methoxy groups -OCH3 is 1. The quantitative estimate of drug-likeness (QED) is 0.734. The first-order chi connectivity index (χ1) is 7.88. The molecule has 0 spiro atoms. The molecule has 0 heterocycles. The smallest absolute Gasteiger partial charge is 0.119 e. The monoisotopic (exact) mass is 230 g/mol. The first-order valence-corrected chi connectivity index (χ1v) is 6.18. The lowest BCUT2D eigenvalue weighted by Gasteiger charge is -2.04. The van der Waals surface area contributed by atoms with Crippen molar-refractivity contribution >= 4 is 11.8 Å². The summed E-state index contributed by atoms with van der Waals surface area (Å²) in [5.74, 6) is 1.90. The SMILES string of the molecule is COc1cccc(CSc2ccccc2)c1. The van der Waals surface area contributed by atoms with Crippen molar-refractivity contribution in [3.05, 3.63) is 60.2 Å². The Morgan fingerprint density at radius 2 is 1.81 bits per heavy atom. The van der Waals surface area contributed by atoms with Crippen molar-refractivity contribution in [2.24, 2.45) is 0 Å². The van der Waals surface area contributed by atoms with E-state index < -0.39 is 0 Å². The lowest BCUT2D eigenvalue weighted by Crippen LogP contribution is -1.85. The summed E-state index contributed by atoms with van der Waals surface area (Å²) in [5, 5.41) is 0. The van der Waals surface area contributed by atoms with Crippen molar-refractivity contribution in [1.29, 1.82) is 0 Å². The van der Waals surface area contributed by atoms with Crippen LogP contribution in [0.5, 0.6) is 5.75 Å². The summed E-state index contributed by atoms with van der Waals surface area (Å²) in [5.41, 5.74) is 1.29. The van der Waals surface area contributed by atoms with E-state index in [9.17, 15) is 0 Å². The Hall–Kier alpha value is -1.41. The Morgan fingerprint density at radius 3 is 2.56 bits per heavy atom. The van der Waals surface area contributed by atoms with Crippen molar-refractivity contribution < 1.29 is 4.74 Å². The zero-order valence-electron chi connectivity index (χ0n) is 9.22. The van der Waals surface area contributed by atoms with Gasteiger partial charge in [-0.05, 0) is 29.8 Å². The second-order valence-electron chi connectivity index (χ2n) is 3.45. The Bertz CT molecular complexity index is 439. The minimum Gasteiger partial charge on any atom is -0.497 e. The molecule has 0 atom stereocenters. The van der Waals surface area contributed by atoms with E-state index in [0.717, 1.165) is 11.5 Å². The lowest BCUT2D eigenvalue weighted by molar-refractivity contribution is 0.414. The van der Waals surface area contributed by atoms with Crippen LogP contribution < -0.4 is 4.74 Å². The van der Waals surface area contributed by atoms with E-state index in [-0.39, 0.29) is 0 Å². The fourth-order valence-corrected chi connectivity index (χ4v) is 2.31. The Morgan fingerprint density at radius 1 is 1.00 bits per heavy atom. The van der Waals surface area contributed by atoms with E-state index in [0.29, 0.717) is 0 Å². The van der Waals surface area contributed by atoms with Gasteiger partial charge in [-0.1, -0.05) is 30.3 Å². The van der Waals surface area contributed by atoms with Crippen LogP contribution >= 0.6 is 11.8 Å². The van der Waals surface area contributed by atoms with Crippen molar-refractivity contribution in [3.8, 4) is 5.75 Å². The molecule has 82 valence electrons. The van der Waals surface area contributed by atoms with Gasteiger partial charge >= 0.3 is 0 Å². The van der Waals surface area contributed by atoms with Crippen LogP contribution in [0.2, 0.25) is 0 Å². The molecule has 0 aliphatic carbocycles. The van der Waals surface area contributed by atoms with Gasteiger partial charge < -0.3 is 4.74 Å². The van der Waals surface area contributed by atoms with Gasteiger partial charge in [0, 0.05) is 10.6 Å². The average molecular weight is 230 g/mol. The number of ether oxygens (including phenoxy) is 1. The zero-order chi connectivity index (χ0) is 11.2. The highest BCUT2D eigenvalue weighted by Gasteiger charge is 1.97. The summed E-state index contributed by atoms with van der Waals surface area (Å²) in [6, 6.07) is 18.6.